The van der Waals surface area contributed by atoms with Crippen molar-refractivity contribution in [2.45, 2.75) is 12.3 Å². The Morgan fingerprint density at radius 1 is 1.54 bits per heavy atom. The molecule has 1 aromatic heterocycles. The molecule has 0 aliphatic rings. The Hall–Kier alpha value is -1.03. The molecule has 0 bridgehead atoms. The van der Waals surface area contributed by atoms with Crippen LogP contribution in [0.2, 0.25) is 0 Å². The summed E-state index contributed by atoms with van der Waals surface area (Å²) in [6, 6.07) is 2.54. The maximum absolute atomic E-state index is 12.2. The van der Waals surface area contributed by atoms with Gasteiger partial charge in [-0.25, -0.2) is 13.8 Å². The van der Waals surface area contributed by atoms with Crippen molar-refractivity contribution >= 4 is 17.9 Å². The monoisotopic (exact) mass is 205 g/mol. The number of hydrogen-bond donors (Lipinski definition) is 0. The molecule has 0 aliphatic heterocycles. The summed E-state index contributed by atoms with van der Waals surface area (Å²) in [6.07, 6.45) is -2.38. The summed E-state index contributed by atoms with van der Waals surface area (Å²) in [7, 11) is 0. The Kier molecular flexibility index (Phi) is 3.31. The van der Waals surface area contributed by atoms with Gasteiger partial charge in [-0.1, -0.05) is 0 Å². The standard InChI is InChI=1S/C8H6ClF2NO/c9-3-5-1-2-6(8(10)11)7(4-13)12-5/h1-2,4,8H,3H2. The van der Waals surface area contributed by atoms with Gasteiger partial charge < -0.3 is 0 Å². The van der Waals surface area contributed by atoms with E-state index in [1.807, 2.05) is 0 Å². The van der Waals surface area contributed by atoms with Gasteiger partial charge in [-0.3, -0.25) is 4.79 Å². The van der Waals surface area contributed by atoms with Crippen LogP contribution in [0.1, 0.15) is 28.2 Å². The molecule has 70 valence electrons. The molecule has 1 aromatic rings. The summed E-state index contributed by atoms with van der Waals surface area (Å²) >= 11 is 5.42. The second kappa shape index (κ2) is 4.28. The minimum Gasteiger partial charge on any atom is -0.296 e. The van der Waals surface area contributed by atoms with Gasteiger partial charge in [0, 0.05) is 5.56 Å². The molecular weight excluding hydrogens is 200 g/mol. The number of halogens is 3. The van der Waals surface area contributed by atoms with E-state index in [2.05, 4.69) is 4.98 Å². The first-order valence-corrected chi connectivity index (χ1v) is 4.01. The lowest BCUT2D eigenvalue weighted by molar-refractivity contribution is 0.110. The van der Waals surface area contributed by atoms with E-state index in [-0.39, 0.29) is 17.1 Å². The van der Waals surface area contributed by atoms with Crippen molar-refractivity contribution in [3.8, 4) is 0 Å². The highest BCUT2D eigenvalue weighted by atomic mass is 35.5. The van der Waals surface area contributed by atoms with E-state index in [4.69, 9.17) is 11.6 Å². The maximum Gasteiger partial charge on any atom is 0.266 e. The smallest absolute Gasteiger partial charge is 0.266 e. The zero-order chi connectivity index (χ0) is 9.84. The van der Waals surface area contributed by atoms with E-state index < -0.39 is 6.43 Å². The zero-order valence-electron chi connectivity index (χ0n) is 6.51. The van der Waals surface area contributed by atoms with Gasteiger partial charge in [-0.05, 0) is 12.1 Å². The fourth-order valence-electron chi connectivity index (χ4n) is 0.881. The Labute approximate surface area is 78.5 Å². The van der Waals surface area contributed by atoms with E-state index in [1.54, 1.807) is 0 Å². The number of rotatable bonds is 3. The first-order chi connectivity index (χ1) is 6.19. The van der Waals surface area contributed by atoms with E-state index in [0.29, 0.717) is 12.0 Å². The second-order valence-electron chi connectivity index (χ2n) is 2.33. The summed E-state index contributed by atoms with van der Waals surface area (Å²) in [5, 5.41) is 0. The number of aromatic nitrogens is 1. The molecule has 0 spiro atoms. The molecule has 0 aromatic carbocycles. The van der Waals surface area contributed by atoms with Gasteiger partial charge in [-0.2, -0.15) is 0 Å². The van der Waals surface area contributed by atoms with Crippen LogP contribution in [-0.2, 0) is 5.88 Å². The predicted molar refractivity (Wildman–Crippen MR) is 44.1 cm³/mol. The van der Waals surface area contributed by atoms with Gasteiger partial charge in [0.1, 0.15) is 5.69 Å². The predicted octanol–water partition coefficient (Wildman–Crippen LogP) is 2.57. The molecule has 2 nitrogen and oxygen atoms in total. The lowest BCUT2D eigenvalue weighted by atomic mass is 10.2. The van der Waals surface area contributed by atoms with Gasteiger partial charge in [0.05, 0.1) is 11.6 Å². The van der Waals surface area contributed by atoms with E-state index in [9.17, 15) is 13.6 Å². The number of carbonyl (C=O) groups excluding carboxylic acids is 1. The van der Waals surface area contributed by atoms with Crippen molar-refractivity contribution in [2.75, 3.05) is 0 Å². The second-order valence-corrected chi connectivity index (χ2v) is 2.60. The average molecular weight is 206 g/mol. The molecule has 0 fully saturated rings. The molecule has 0 saturated carbocycles. The quantitative estimate of drug-likeness (QED) is 0.561. The van der Waals surface area contributed by atoms with Crippen molar-refractivity contribution in [3.63, 3.8) is 0 Å². The largest absolute Gasteiger partial charge is 0.296 e. The van der Waals surface area contributed by atoms with Crippen LogP contribution in [0, 0.1) is 0 Å². The summed E-state index contributed by atoms with van der Waals surface area (Å²) in [6.45, 7) is 0. The number of nitrogens with zero attached hydrogens (tertiary/aromatic N) is 1. The van der Waals surface area contributed by atoms with Gasteiger partial charge in [0.25, 0.3) is 6.43 Å². The third kappa shape index (κ3) is 2.21. The third-order valence-corrected chi connectivity index (χ3v) is 1.77. The Morgan fingerprint density at radius 3 is 2.69 bits per heavy atom. The molecule has 13 heavy (non-hydrogen) atoms. The Morgan fingerprint density at radius 2 is 2.23 bits per heavy atom. The molecule has 0 atom stereocenters. The Balaban J connectivity index is 3.15. The molecule has 1 rings (SSSR count). The summed E-state index contributed by atoms with van der Waals surface area (Å²) in [4.78, 5) is 14.0. The topological polar surface area (TPSA) is 30.0 Å². The van der Waals surface area contributed by atoms with E-state index >= 15 is 0 Å². The number of aldehydes is 1. The normalized spacial score (nSPS) is 10.5. The molecule has 1 heterocycles. The van der Waals surface area contributed by atoms with Crippen LogP contribution < -0.4 is 0 Å². The van der Waals surface area contributed by atoms with Crippen molar-refractivity contribution in [2.24, 2.45) is 0 Å². The zero-order valence-corrected chi connectivity index (χ0v) is 7.26. The van der Waals surface area contributed by atoms with Crippen LogP contribution >= 0.6 is 11.6 Å². The van der Waals surface area contributed by atoms with Crippen LogP contribution in [0.25, 0.3) is 0 Å². The highest BCUT2D eigenvalue weighted by Gasteiger charge is 2.13. The molecule has 0 saturated heterocycles. The first-order valence-electron chi connectivity index (χ1n) is 3.48. The average Bonchev–Trinajstić information content (AvgIpc) is 2.16. The maximum atomic E-state index is 12.2. The number of carbonyl (C=O) groups is 1. The minimum atomic E-state index is -2.68. The SMILES string of the molecule is O=Cc1nc(CCl)ccc1C(F)F. The summed E-state index contributed by atoms with van der Waals surface area (Å²) in [5.41, 5.74) is -0.190. The summed E-state index contributed by atoms with van der Waals surface area (Å²) < 4.78 is 24.4. The van der Waals surface area contributed by atoms with Crippen molar-refractivity contribution in [1.82, 2.24) is 4.98 Å². The van der Waals surface area contributed by atoms with Crippen LogP contribution in [0.4, 0.5) is 8.78 Å². The molecular formula is C8H6ClF2NO. The van der Waals surface area contributed by atoms with E-state index in [1.165, 1.54) is 12.1 Å². The molecule has 5 heteroatoms. The lowest BCUT2D eigenvalue weighted by Gasteiger charge is -2.03. The highest BCUT2D eigenvalue weighted by molar-refractivity contribution is 6.16. The fraction of sp³-hybridized carbons (Fsp3) is 0.250. The van der Waals surface area contributed by atoms with Crippen molar-refractivity contribution < 1.29 is 13.6 Å². The Bertz CT molecular complexity index is 317. The van der Waals surface area contributed by atoms with Crippen LogP contribution in [0.3, 0.4) is 0 Å². The third-order valence-electron chi connectivity index (χ3n) is 1.50. The first kappa shape index (κ1) is 10.1. The molecule has 0 radical (unpaired) electrons. The number of alkyl halides is 3. The van der Waals surface area contributed by atoms with Crippen LogP contribution in [-0.4, -0.2) is 11.3 Å². The van der Waals surface area contributed by atoms with Gasteiger partial charge in [0.2, 0.25) is 0 Å². The fourth-order valence-corrected chi connectivity index (χ4v) is 1.03. The molecule has 0 amide bonds. The van der Waals surface area contributed by atoms with Crippen molar-refractivity contribution in [3.05, 3.63) is 29.1 Å². The molecule has 0 N–H and O–H groups in total. The number of hydrogen-bond acceptors (Lipinski definition) is 2. The van der Waals surface area contributed by atoms with E-state index in [0.717, 1.165) is 0 Å². The molecule has 0 unspecified atom stereocenters. The molecule has 0 aliphatic carbocycles. The minimum absolute atomic E-state index is 0.102. The lowest BCUT2D eigenvalue weighted by Crippen LogP contribution is -1.99. The van der Waals surface area contributed by atoms with Gasteiger partial charge >= 0.3 is 0 Å². The van der Waals surface area contributed by atoms with Gasteiger partial charge in [-0.15, -0.1) is 11.6 Å². The van der Waals surface area contributed by atoms with Crippen LogP contribution in [0.5, 0.6) is 0 Å². The number of pyridine rings is 1. The van der Waals surface area contributed by atoms with Crippen LogP contribution in [0.15, 0.2) is 12.1 Å². The van der Waals surface area contributed by atoms with Crippen molar-refractivity contribution in [1.29, 1.82) is 0 Å². The highest BCUT2D eigenvalue weighted by Crippen LogP contribution is 2.21. The summed E-state index contributed by atoms with van der Waals surface area (Å²) in [5.74, 6) is 0.102. The van der Waals surface area contributed by atoms with Gasteiger partial charge in [0.15, 0.2) is 6.29 Å².